The molecule has 0 unspecified atom stereocenters. The van der Waals surface area contributed by atoms with E-state index in [1.807, 2.05) is 49.5 Å². The lowest BCUT2D eigenvalue weighted by atomic mass is 9.95. The maximum absolute atomic E-state index is 13.2. The molecule has 0 spiro atoms. The third-order valence-electron chi connectivity index (χ3n) is 6.61. The normalized spacial score (nSPS) is 12.7. The van der Waals surface area contributed by atoms with Crippen molar-refractivity contribution >= 4 is 35.1 Å². The molecule has 2 N–H and O–H groups in total. The summed E-state index contributed by atoms with van der Waals surface area (Å²) in [5.41, 5.74) is 4.94. The smallest absolute Gasteiger partial charge is 0.257 e. The molecule has 0 saturated carbocycles. The molecular weight excluding hydrogens is 510 g/mol. The standard InChI is InChI=1S/C31H28ClN5O2/c1-37-17-16-33-31(37)35-19-24-7-3-4-8-26(24)21-10-12-22(13-11-21)28(38)18-23-6-2-5-9-27(23)30(39)36-29-15-14-25(32)20-34-29/h2-15,20H,16-19H2,1H3,(H,33,35)(H,34,36,39). The molecule has 8 heteroatoms. The summed E-state index contributed by atoms with van der Waals surface area (Å²) in [5.74, 6) is 0.899. The number of carbonyl (C=O) groups excluding carboxylic acids is 2. The van der Waals surface area contributed by atoms with Crippen LogP contribution in [0.3, 0.4) is 0 Å². The summed E-state index contributed by atoms with van der Waals surface area (Å²) in [5, 5.41) is 6.67. The summed E-state index contributed by atoms with van der Waals surface area (Å²) in [6, 6.07) is 26.2. The Morgan fingerprint density at radius 1 is 0.923 bits per heavy atom. The third kappa shape index (κ3) is 6.33. The number of pyridine rings is 1. The van der Waals surface area contributed by atoms with Crippen LogP contribution >= 0.6 is 11.6 Å². The van der Waals surface area contributed by atoms with Crippen LogP contribution in [-0.2, 0) is 13.0 Å². The van der Waals surface area contributed by atoms with E-state index < -0.39 is 0 Å². The molecule has 4 aromatic rings. The van der Waals surface area contributed by atoms with E-state index in [9.17, 15) is 9.59 Å². The van der Waals surface area contributed by atoms with Crippen LogP contribution in [0, 0.1) is 0 Å². The highest BCUT2D eigenvalue weighted by Crippen LogP contribution is 2.25. The number of hydrogen-bond acceptors (Lipinski definition) is 6. The van der Waals surface area contributed by atoms with Crippen molar-refractivity contribution in [3.8, 4) is 11.1 Å². The minimum Gasteiger partial charge on any atom is -0.352 e. The van der Waals surface area contributed by atoms with Crippen LogP contribution < -0.4 is 10.6 Å². The number of benzene rings is 3. The first kappa shape index (κ1) is 26.1. The van der Waals surface area contributed by atoms with Crippen LogP contribution in [0.1, 0.15) is 31.8 Å². The second-order valence-corrected chi connectivity index (χ2v) is 9.72. The largest absolute Gasteiger partial charge is 0.352 e. The highest BCUT2D eigenvalue weighted by molar-refractivity contribution is 6.30. The molecule has 3 aromatic carbocycles. The van der Waals surface area contributed by atoms with Crippen molar-refractivity contribution in [2.75, 3.05) is 25.5 Å². The minimum absolute atomic E-state index is 0.0661. The number of Topliss-reactive ketones (excluding diaryl/α,β-unsaturated/α-hetero) is 1. The number of guanidine groups is 1. The Morgan fingerprint density at radius 3 is 2.38 bits per heavy atom. The van der Waals surface area contributed by atoms with Crippen LogP contribution in [0.2, 0.25) is 5.02 Å². The number of anilines is 1. The Kier molecular flexibility index (Phi) is 7.99. The molecule has 0 atom stereocenters. The predicted octanol–water partition coefficient (Wildman–Crippen LogP) is 5.47. The average molecular weight is 538 g/mol. The number of carbonyl (C=O) groups is 2. The molecule has 1 amide bonds. The zero-order chi connectivity index (χ0) is 27.2. The molecule has 7 nitrogen and oxygen atoms in total. The van der Waals surface area contributed by atoms with Gasteiger partial charge in [-0.15, -0.1) is 0 Å². The Morgan fingerprint density at radius 2 is 1.67 bits per heavy atom. The van der Waals surface area contributed by atoms with Gasteiger partial charge in [-0.25, -0.2) is 4.98 Å². The first-order chi connectivity index (χ1) is 19.0. The monoisotopic (exact) mass is 537 g/mol. The number of amides is 1. The highest BCUT2D eigenvalue weighted by Gasteiger charge is 2.16. The number of aliphatic imine (C=N–C) groups is 1. The fourth-order valence-corrected chi connectivity index (χ4v) is 4.61. The highest BCUT2D eigenvalue weighted by atomic mass is 35.5. The molecule has 39 heavy (non-hydrogen) atoms. The number of likely N-dealkylation sites (N-methyl/N-ethyl adjacent to an activating group) is 1. The second kappa shape index (κ2) is 11.9. The van der Waals surface area contributed by atoms with E-state index in [1.165, 1.54) is 6.20 Å². The zero-order valence-electron chi connectivity index (χ0n) is 21.5. The van der Waals surface area contributed by atoms with Gasteiger partial charge in [0.2, 0.25) is 0 Å². The van der Waals surface area contributed by atoms with Gasteiger partial charge in [0, 0.05) is 43.9 Å². The van der Waals surface area contributed by atoms with Gasteiger partial charge in [0.05, 0.1) is 11.6 Å². The van der Waals surface area contributed by atoms with Gasteiger partial charge >= 0.3 is 0 Å². The lowest BCUT2D eigenvalue weighted by Crippen LogP contribution is -2.35. The van der Waals surface area contributed by atoms with Gasteiger partial charge in [-0.2, -0.15) is 0 Å². The molecule has 1 aliphatic rings. The summed E-state index contributed by atoms with van der Waals surface area (Å²) < 4.78 is 0. The average Bonchev–Trinajstić information content (AvgIpc) is 3.38. The van der Waals surface area contributed by atoms with Gasteiger partial charge in [0.15, 0.2) is 11.7 Å². The van der Waals surface area contributed by atoms with Gasteiger partial charge in [0.25, 0.3) is 5.91 Å². The quantitative estimate of drug-likeness (QED) is 0.291. The number of ketones is 1. The number of halogens is 1. The Bertz CT molecular complexity index is 1520. The number of nitrogens with zero attached hydrogens (tertiary/aromatic N) is 3. The van der Waals surface area contributed by atoms with Gasteiger partial charge in [-0.1, -0.05) is 78.3 Å². The van der Waals surface area contributed by atoms with Crippen molar-refractivity contribution in [1.29, 1.82) is 0 Å². The molecular formula is C31H28ClN5O2. The molecule has 1 aliphatic heterocycles. The molecule has 5 rings (SSSR count). The summed E-state index contributed by atoms with van der Waals surface area (Å²) in [7, 11) is 2.03. The van der Waals surface area contributed by atoms with E-state index >= 15 is 0 Å². The minimum atomic E-state index is -0.330. The van der Waals surface area contributed by atoms with Gasteiger partial charge < -0.3 is 15.5 Å². The maximum Gasteiger partial charge on any atom is 0.257 e. The lowest BCUT2D eigenvalue weighted by Gasteiger charge is -2.17. The lowest BCUT2D eigenvalue weighted by molar-refractivity contribution is 0.0992. The van der Waals surface area contributed by atoms with Crippen LogP contribution in [0.4, 0.5) is 5.82 Å². The fraction of sp³-hybridized carbons (Fsp3) is 0.161. The molecule has 2 heterocycles. The van der Waals surface area contributed by atoms with E-state index in [0.717, 1.165) is 35.7 Å². The summed E-state index contributed by atoms with van der Waals surface area (Å²) in [6.07, 6.45) is 1.57. The maximum atomic E-state index is 13.2. The van der Waals surface area contributed by atoms with Gasteiger partial charge in [0.1, 0.15) is 5.82 Å². The Balaban J connectivity index is 1.28. The Hall–Kier alpha value is -4.49. The van der Waals surface area contributed by atoms with Crippen molar-refractivity contribution in [3.63, 3.8) is 0 Å². The van der Waals surface area contributed by atoms with Crippen LogP contribution in [0.25, 0.3) is 11.1 Å². The van der Waals surface area contributed by atoms with E-state index in [1.54, 1.807) is 30.3 Å². The SMILES string of the molecule is CN1CCN=C1NCc1ccccc1-c1ccc(C(=O)Cc2ccccc2C(=O)Nc2ccc(Cl)cn2)cc1. The molecule has 0 saturated heterocycles. The van der Waals surface area contributed by atoms with E-state index in [0.29, 0.717) is 34.1 Å². The molecule has 0 bridgehead atoms. The molecule has 0 radical (unpaired) electrons. The number of hydrogen-bond donors (Lipinski definition) is 2. The van der Waals surface area contributed by atoms with Crippen molar-refractivity contribution in [3.05, 3.63) is 118 Å². The molecule has 0 aliphatic carbocycles. The first-order valence-electron chi connectivity index (χ1n) is 12.7. The Labute approximate surface area is 232 Å². The van der Waals surface area contributed by atoms with Crippen LogP contribution in [-0.4, -0.2) is 47.7 Å². The topological polar surface area (TPSA) is 86.7 Å². The summed E-state index contributed by atoms with van der Waals surface area (Å²) in [6.45, 7) is 2.39. The van der Waals surface area contributed by atoms with Crippen molar-refractivity contribution in [1.82, 2.24) is 15.2 Å². The fourth-order valence-electron chi connectivity index (χ4n) is 4.49. The third-order valence-corrected chi connectivity index (χ3v) is 6.84. The van der Waals surface area contributed by atoms with E-state index in [-0.39, 0.29) is 18.1 Å². The number of nitrogens with one attached hydrogen (secondary N) is 2. The van der Waals surface area contributed by atoms with Gasteiger partial charge in [-0.3, -0.25) is 14.6 Å². The molecule has 196 valence electrons. The molecule has 1 aromatic heterocycles. The summed E-state index contributed by atoms with van der Waals surface area (Å²) in [4.78, 5) is 36.8. The predicted molar refractivity (Wildman–Crippen MR) is 155 cm³/mol. The van der Waals surface area contributed by atoms with E-state index in [2.05, 4.69) is 37.6 Å². The second-order valence-electron chi connectivity index (χ2n) is 9.29. The van der Waals surface area contributed by atoms with Crippen LogP contribution in [0.15, 0.2) is 96.1 Å². The summed E-state index contributed by atoms with van der Waals surface area (Å²) >= 11 is 5.88. The number of rotatable bonds is 8. The first-order valence-corrected chi connectivity index (χ1v) is 13.1. The van der Waals surface area contributed by atoms with Crippen molar-refractivity contribution < 1.29 is 9.59 Å². The van der Waals surface area contributed by atoms with Crippen LogP contribution in [0.5, 0.6) is 0 Å². The van der Waals surface area contributed by atoms with Gasteiger partial charge in [-0.05, 0) is 40.5 Å². The van der Waals surface area contributed by atoms with Crippen molar-refractivity contribution in [2.24, 2.45) is 4.99 Å². The molecule has 0 fully saturated rings. The zero-order valence-corrected chi connectivity index (χ0v) is 22.3. The van der Waals surface area contributed by atoms with E-state index in [4.69, 9.17) is 11.6 Å². The number of aromatic nitrogens is 1. The van der Waals surface area contributed by atoms with Crippen molar-refractivity contribution in [2.45, 2.75) is 13.0 Å².